The molecule has 0 bridgehead atoms. The first-order chi connectivity index (χ1) is 14.3. The van der Waals surface area contributed by atoms with Gasteiger partial charge in [0.05, 0.1) is 0 Å². The Bertz CT molecular complexity index is 746. The zero-order valence-electron chi connectivity index (χ0n) is 16.1. The Morgan fingerprint density at radius 1 is 0.529 bits per heavy atom. The highest BCUT2D eigenvalue weighted by Gasteiger charge is 2.85. The van der Waals surface area contributed by atoms with E-state index < -0.39 is 59.9 Å². The Hall–Kier alpha value is -1.80. The van der Waals surface area contributed by atoms with Crippen LogP contribution in [0.3, 0.4) is 0 Å². The van der Waals surface area contributed by atoms with Crippen LogP contribution in [0.1, 0.15) is 20.8 Å². The number of rotatable bonds is 7. The van der Waals surface area contributed by atoms with Crippen LogP contribution in [-0.2, 0) is 19.0 Å². The highest BCUT2D eigenvalue weighted by Crippen LogP contribution is 2.56. The van der Waals surface area contributed by atoms with Crippen molar-refractivity contribution in [2.24, 2.45) is 0 Å². The molecule has 2 atom stereocenters. The van der Waals surface area contributed by atoms with E-state index in [-0.39, 0.29) is 0 Å². The molecule has 0 fully saturated rings. The van der Waals surface area contributed by atoms with Crippen LogP contribution in [0.4, 0.5) is 74.6 Å². The van der Waals surface area contributed by atoms with Crippen LogP contribution >= 0.6 is 0 Å². The fourth-order valence-corrected chi connectivity index (χ4v) is 1.49. The van der Waals surface area contributed by atoms with Crippen molar-refractivity contribution in [1.82, 2.24) is 0 Å². The zero-order valence-corrected chi connectivity index (χ0v) is 16.1. The van der Waals surface area contributed by atoms with Gasteiger partial charge in [0, 0.05) is 0 Å². The standard InChI is InChI=1S/C13H9F17O4/c1-5(2,3)32-4(31)6(14,9(18,19)20)33-13(29,30)8(17,11(24,25)26)34-12(27,28)7(15,16)10(21,22)23/h1-3H3/t6-,8-/m0/s1. The number of halogens is 17. The fraction of sp³-hybridized carbons (Fsp3) is 0.923. The molecule has 0 aromatic carbocycles. The lowest BCUT2D eigenvalue weighted by Gasteiger charge is -2.40. The summed E-state index contributed by atoms with van der Waals surface area (Å²) in [4.78, 5) is 11.3. The van der Waals surface area contributed by atoms with Crippen LogP contribution in [0.2, 0.25) is 0 Å². The first kappa shape index (κ1) is 32.2. The van der Waals surface area contributed by atoms with E-state index >= 15 is 0 Å². The van der Waals surface area contributed by atoms with Crippen LogP contribution < -0.4 is 0 Å². The number of esters is 1. The molecule has 0 unspecified atom stereocenters. The molecule has 0 amide bonds. The van der Waals surface area contributed by atoms with Gasteiger partial charge in [0.1, 0.15) is 5.60 Å². The summed E-state index contributed by atoms with van der Waals surface area (Å²) < 4.78 is 226. The van der Waals surface area contributed by atoms with Crippen molar-refractivity contribution < 1.29 is 93.6 Å². The molecular weight excluding hydrogens is 543 g/mol. The third-order valence-electron chi connectivity index (χ3n) is 3.02. The molecule has 4 nitrogen and oxygen atoms in total. The Kier molecular flexibility index (Phi) is 7.96. The summed E-state index contributed by atoms with van der Waals surface area (Å²) in [5.41, 5.74) is -2.26. The molecule has 0 aliphatic rings. The average molecular weight is 552 g/mol. The number of alkyl halides is 17. The monoisotopic (exact) mass is 552 g/mol. The van der Waals surface area contributed by atoms with Gasteiger partial charge in [0.2, 0.25) is 0 Å². The van der Waals surface area contributed by atoms with Crippen LogP contribution in [-0.4, -0.2) is 59.9 Å². The lowest BCUT2D eigenvalue weighted by Crippen LogP contribution is -2.68. The molecule has 0 radical (unpaired) electrons. The number of carbonyl (C=O) groups excluding carboxylic acids is 1. The van der Waals surface area contributed by atoms with Gasteiger partial charge in [0.25, 0.3) is 0 Å². The fourth-order valence-electron chi connectivity index (χ4n) is 1.49. The van der Waals surface area contributed by atoms with E-state index in [1.807, 2.05) is 4.74 Å². The Morgan fingerprint density at radius 2 is 0.912 bits per heavy atom. The van der Waals surface area contributed by atoms with E-state index in [1.54, 1.807) is 0 Å². The molecule has 0 rings (SSSR count). The van der Waals surface area contributed by atoms with Gasteiger partial charge in [-0.25, -0.2) is 4.79 Å². The lowest BCUT2D eigenvalue weighted by molar-refractivity contribution is -0.548. The molecule has 0 aliphatic heterocycles. The van der Waals surface area contributed by atoms with Crippen LogP contribution in [0.15, 0.2) is 0 Å². The Morgan fingerprint density at radius 3 is 1.18 bits per heavy atom. The summed E-state index contributed by atoms with van der Waals surface area (Å²) in [5, 5.41) is 0. The van der Waals surface area contributed by atoms with E-state index in [1.165, 1.54) is 4.74 Å². The van der Waals surface area contributed by atoms with Crippen molar-refractivity contribution in [2.75, 3.05) is 0 Å². The quantitative estimate of drug-likeness (QED) is 0.279. The van der Waals surface area contributed by atoms with Gasteiger partial charge in [-0.2, -0.15) is 74.6 Å². The minimum absolute atomic E-state index is 0.623. The van der Waals surface area contributed by atoms with Gasteiger partial charge in [-0.3, -0.25) is 9.47 Å². The van der Waals surface area contributed by atoms with E-state index in [2.05, 4.69) is 4.74 Å². The van der Waals surface area contributed by atoms with E-state index in [9.17, 15) is 79.4 Å². The average Bonchev–Trinajstić information content (AvgIpc) is 2.48. The predicted molar refractivity (Wildman–Crippen MR) is 68.7 cm³/mol. The first-order valence-corrected chi connectivity index (χ1v) is 7.64. The van der Waals surface area contributed by atoms with Crippen LogP contribution in [0, 0.1) is 0 Å². The van der Waals surface area contributed by atoms with E-state index in [0.717, 1.165) is 0 Å². The second-order valence-electron chi connectivity index (χ2n) is 7.00. The van der Waals surface area contributed by atoms with Gasteiger partial charge in [0.15, 0.2) is 0 Å². The summed E-state index contributed by atoms with van der Waals surface area (Å²) in [7, 11) is 0. The molecule has 34 heavy (non-hydrogen) atoms. The summed E-state index contributed by atoms with van der Waals surface area (Å²) in [6, 6.07) is 0. The molecule has 0 aromatic heterocycles. The smallest absolute Gasteiger partial charge is 0.455 e. The van der Waals surface area contributed by atoms with Gasteiger partial charge < -0.3 is 4.74 Å². The molecule has 204 valence electrons. The molecular formula is C13H9F17O4. The summed E-state index contributed by atoms with van der Waals surface area (Å²) in [5.74, 6) is -26.4. The SMILES string of the molecule is CC(C)(C)OC(=O)[C@](F)(OC(F)(F)[C@@](F)(OC(F)(F)C(F)(F)C(F)(F)F)C(F)(F)F)C(F)(F)F. The van der Waals surface area contributed by atoms with Crippen LogP contribution in [0.5, 0.6) is 0 Å². The summed E-state index contributed by atoms with van der Waals surface area (Å²) in [6.07, 6.45) is -38.6. The minimum atomic E-state index is -8.05. The summed E-state index contributed by atoms with van der Waals surface area (Å²) in [6.45, 7) is 1.87. The Balaban J connectivity index is 6.79. The van der Waals surface area contributed by atoms with Crippen molar-refractivity contribution in [3.63, 3.8) is 0 Å². The second-order valence-corrected chi connectivity index (χ2v) is 7.00. The maximum atomic E-state index is 14.1. The van der Waals surface area contributed by atoms with Crippen molar-refractivity contribution in [2.45, 2.75) is 74.8 Å². The number of hydrogen-bond donors (Lipinski definition) is 0. The van der Waals surface area contributed by atoms with Gasteiger partial charge in [-0.15, -0.1) is 0 Å². The van der Waals surface area contributed by atoms with Crippen molar-refractivity contribution in [3.05, 3.63) is 0 Å². The molecule has 0 aliphatic carbocycles. The largest absolute Gasteiger partial charge is 0.462 e. The van der Waals surface area contributed by atoms with Gasteiger partial charge in [-0.05, 0) is 20.8 Å². The highest BCUT2D eigenvalue weighted by molar-refractivity contribution is 5.79. The molecule has 0 spiro atoms. The summed E-state index contributed by atoms with van der Waals surface area (Å²) >= 11 is 0. The second kappa shape index (κ2) is 8.40. The lowest BCUT2D eigenvalue weighted by atomic mass is 10.2. The number of hydrogen-bond acceptors (Lipinski definition) is 4. The zero-order chi connectivity index (χ0) is 28.2. The number of ether oxygens (including phenoxy) is 3. The normalized spacial score (nSPS) is 18.8. The third-order valence-corrected chi connectivity index (χ3v) is 3.02. The maximum absolute atomic E-state index is 14.1. The molecule has 0 heterocycles. The molecule has 0 aromatic rings. The minimum Gasteiger partial charge on any atom is -0.455 e. The van der Waals surface area contributed by atoms with Gasteiger partial charge in [-0.1, -0.05) is 0 Å². The van der Waals surface area contributed by atoms with Crippen molar-refractivity contribution in [1.29, 1.82) is 0 Å². The Labute approximate surface area is 175 Å². The van der Waals surface area contributed by atoms with Crippen LogP contribution in [0.25, 0.3) is 0 Å². The topological polar surface area (TPSA) is 44.8 Å². The molecule has 21 heteroatoms. The predicted octanol–water partition coefficient (Wildman–Crippen LogP) is 6.20. The van der Waals surface area contributed by atoms with Crippen molar-refractivity contribution in [3.8, 4) is 0 Å². The maximum Gasteiger partial charge on any atom is 0.462 e. The van der Waals surface area contributed by atoms with Crippen molar-refractivity contribution >= 4 is 5.97 Å². The van der Waals surface area contributed by atoms with E-state index in [4.69, 9.17) is 0 Å². The molecule has 0 saturated carbocycles. The molecule has 0 saturated heterocycles. The van der Waals surface area contributed by atoms with Gasteiger partial charge >= 0.3 is 54.3 Å². The number of carbonyl (C=O) groups is 1. The van der Waals surface area contributed by atoms with E-state index in [0.29, 0.717) is 20.8 Å². The first-order valence-electron chi connectivity index (χ1n) is 7.64. The third kappa shape index (κ3) is 5.88. The highest BCUT2D eigenvalue weighted by atomic mass is 19.4. The molecule has 0 N–H and O–H groups in total.